The lowest BCUT2D eigenvalue weighted by Crippen LogP contribution is -2.56. The van der Waals surface area contributed by atoms with E-state index in [9.17, 15) is 0 Å². The molecule has 1 aliphatic rings. The van der Waals surface area contributed by atoms with Crippen molar-refractivity contribution in [1.82, 2.24) is 5.32 Å². The summed E-state index contributed by atoms with van der Waals surface area (Å²) in [5.74, 6) is 0.904. The van der Waals surface area contributed by atoms with E-state index in [1.165, 1.54) is 5.56 Å². The van der Waals surface area contributed by atoms with Gasteiger partial charge in [0.15, 0.2) is 0 Å². The molecule has 1 aromatic carbocycles. The number of rotatable bonds is 7. The Hall–Kier alpha value is -1.10. The van der Waals surface area contributed by atoms with Crippen molar-refractivity contribution in [3.8, 4) is 5.75 Å². The lowest BCUT2D eigenvalue weighted by Gasteiger charge is -2.42. The molecular formula is C17H27NO3. The third-order valence-corrected chi connectivity index (χ3v) is 4.41. The van der Waals surface area contributed by atoms with E-state index in [-0.39, 0.29) is 11.6 Å². The van der Waals surface area contributed by atoms with Crippen molar-refractivity contribution in [2.75, 3.05) is 34.0 Å². The summed E-state index contributed by atoms with van der Waals surface area (Å²) in [6.45, 7) is 4.61. The van der Waals surface area contributed by atoms with Crippen LogP contribution >= 0.6 is 0 Å². The van der Waals surface area contributed by atoms with Crippen LogP contribution in [-0.2, 0) is 15.9 Å². The van der Waals surface area contributed by atoms with Crippen LogP contribution in [0.4, 0.5) is 0 Å². The van der Waals surface area contributed by atoms with Gasteiger partial charge in [0.25, 0.3) is 0 Å². The van der Waals surface area contributed by atoms with Crippen molar-refractivity contribution >= 4 is 0 Å². The standard InChI is InChI=1S/C17H27NO3/c1-4-18-16(17(20-3)8-10-21-11-9-17)13-14-6-5-7-15(12-14)19-2/h5-7,12,16,18H,4,8-11,13H2,1-3H3. The molecule has 1 saturated heterocycles. The average molecular weight is 293 g/mol. The third-order valence-electron chi connectivity index (χ3n) is 4.41. The zero-order chi connectivity index (χ0) is 15.1. The molecule has 4 nitrogen and oxygen atoms in total. The van der Waals surface area contributed by atoms with Gasteiger partial charge in [0.05, 0.1) is 12.7 Å². The van der Waals surface area contributed by atoms with E-state index in [4.69, 9.17) is 14.2 Å². The summed E-state index contributed by atoms with van der Waals surface area (Å²) in [6, 6.07) is 8.55. The number of benzene rings is 1. The average Bonchev–Trinajstić information content (AvgIpc) is 2.55. The Balaban J connectivity index is 2.16. The molecule has 0 aliphatic carbocycles. The number of nitrogens with one attached hydrogen (secondary N) is 1. The predicted molar refractivity (Wildman–Crippen MR) is 84.0 cm³/mol. The van der Waals surface area contributed by atoms with Gasteiger partial charge in [-0.25, -0.2) is 0 Å². The van der Waals surface area contributed by atoms with Gasteiger partial charge in [-0.1, -0.05) is 19.1 Å². The first kappa shape index (κ1) is 16.3. The SMILES string of the molecule is CCNC(Cc1cccc(OC)c1)C1(OC)CCOCC1. The molecule has 1 atom stereocenters. The molecular weight excluding hydrogens is 266 g/mol. The van der Waals surface area contributed by atoms with E-state index in [0.717, 1.165) is 44.8 Å². The summed E-state index contributed by atoms with van der Waals surface area (Å²) in [4.78, 5) is 0. The second kappa shape index (κ2) is 7.78. The highest BCUT2D eigenvalue weighted by Gasteiger charge is 2.40. The van der Waals surface area contributed by atoms with Gasteiger partial charge in [0, 0.05) is 39.2 Å². The minimum Gasteiger partial charge on any atom is -0.497 e. The van der Waals surface area contributed by atoms with Gasteiger partial charge in [-0.05, 0) is 30.7 Å². The molecule has 1 aliphatic heterocycles. The molecule has 1 unspecified atom stereocenters. The maximum atomic E-state index is 5.95. The number of hydrogen-bond acceptors (Lipinski definition) is 4. The summed E-state index contributed by atoms with van der Waals surface area (Å²) in [7, 11) is 3.53. The molecule has 2 rings (SSSR count). The van der Waals surface area contributed by atoms with Gasteiger partial charge >= 0.3 is 0 Å². The zero-order valence-electron chi connectivity index (χ0n) is 13.4. The van der Waals surface area contributed by atoms with Crippen molar-refractivity contribution in [2.45, 2.75) is 37.8 Å². The van der Waals surface area contributed by atoms with Gasteiger partial charge in [0.1, 0.15) is 5.75 Å². The Labute approximate surface area is 127 Å². The highest BCUT2D eigenvalue weighted by Crippen LogP contribution is 2.30. The van der Waals surface area contributed by atoms with Crippen molar-refractivity contribution in [3.05, 3.63) is 29.8 Å². The highest BCUT2D eigenvalue weighted by atomic mass is 16.5. The number of hydrogen-bond donors (Lipinski definition) is 1. The first-order chi connectivity index (χ1) is 10.2. The van der Waals surface area contributed by atoms with Crippen LogP contribution in [0.2, 0.25) is 0 Å². The molecule has 0 saturated carbocycles. The minimum absolute atomic E-state index is 0.142. The molecule has 0 aromatic heterocycles. The molecule has 1 aromatic rings. The van der Waals surface area contributed by atoms with Crippen LogP contribution in [0.3, 0.4) is 0 Å². The Kier molecular flexibility index (Phi) is 6.03. The van der Waals surface area contributed by atoms with Gasteiger partial charge < -0.3 is 19.5 Å². The molecule has 0 amide bonds. The van der Waals surface area contributed by atoms with Crippen LogP contribution in [0.1, 0.15) is 25.3 Å². The van der Waals surface area contributed by atoms with Crippen LogP contribution < -0.4 is 10.1 Å². The second-order valence-corrected chi connectivity index (χ2v) is 5.55. The van der Waals surface area contributed by atoms with Crippen molar-refractivity contribution in [2.24, 2.45) is 0 Å². The number of likely N-dealkylation sites (N-methyl/N-ethyl adjacent to an activating group) is 1. The van der Waals surface area contributed by atoms with Crippen molar-refractivity contribution < 1.29 is 14.2 Å². The van der Waals surface area contributed by atoms with Crippen LogP contribution in [0.5, 0.6) is 5.75 Å². The van der Waals surface area contributed by atoms with Gasteiger partial charge in [-0.2, -0.15) is 0 Å². The number of ether oxygens (including phenoxy) is 3. The van der Waals surface area contributed by atoms with Gasteiger partial charge in [-0.15, -0.1) is 0 Å². The second-order valence-electron chi connectivity index (χ2n) is 5.55. The highest BCUT2D eigenvalue weighted by molar-refractivity contribution is 5.29. The first-order valence-corrected chi connectivity index (χ1v) is 7.73. The van der Waals surface area contributed by atoms with E-state index in [0.29, 0.717) is 0 Å². The van der Waals surface area contributed by atoms with Crippen LogP contribution in [-0.4, -0.2) is 45.6 Å². The van der Waals surface area contributed by atoms with E-state index in [1.807, 2.05) is 19.2 Å². The Morgan fingerprint density at radius 1 is 1.29 bits per heavy atom. The van der Waals surface area contributed by atoms with Crippen molar-refractivity contribution in [1.29, 1.82) is 0 Å². The fourth-order valence-corrected chi connectivity index (χ4v) is 3.14. The normalized spacial score (nSPS) is 19.2. The van der Waals surface area contributed by atoms with E-state index in [1.54, 1.807) is 7.11 Å². The Morgan fingerprint density at radius 2 is 2.05 bits per heavy atom. The molecule has 1 fully saturated rings. The first-order valence-electron chi connectivity index (χ1n) is 7.73. The van der Waals surface area contributed by atoms with E-state index >= 15 is 0 Å². The lowest BCUT2D eigenvalue weighted by atomic mass is 9.82. The summed E-state index contributed by atoms with van der Waals surface area (Å²) >= 11 is 0. The third kappa shape index (κ3) is 3.96. The molecule has 21 heavy (non-hydrogen) atoms. The summed E-state index contributed by atoms with van der Waals surface area (Å²) in [5.41, 5.74) is 1.13. The van der Waals surface area contributed by atoms with E-state index in [2.05, 4.69) is 24.4 Å². The van der Waals surface area contributed by atoms with Gasteiger partial charge in [0.2, 0.25) is 0 Å². The smallest absolute Gasteiger partial charge is 0.119 e. The fourth-order valence-electron chi connectivity index (χ4n) is 3.14. The summed E-state index contributed by atoms with van der Waals surface area (Å²) in [6.07, 6.45) is 2.80. The monoisotopic (exact) mass is 293 g/mol. The minimum atomic E-state index is -0.142. The quantitative estimate of drug-likeness (QED) is 0.838. The molecule has 0 spiro atoms. The fraction of sp³-hybridized carbons (Fsp3) is 0.647. The maximum absolute atomic E-state index is 5.95. The van der Waals surface area contributed by atoms with E-state index < -0.39 is 0 Å². The summed E-state index contributed by atoms with van der Waals surface area (Å²) < 4.78 is 16.8. The maximum Gasteiger partial charge on any atom is 0.119 e. The number of methoxy groups -OCH3 is 2. The predicted octanol–water partition coefficient (Wildman–Crippen LogP) is 2.41. The van der Waals surface area contributed by atoms with Crippen LogP contribution in [0, 0.1) is 0 Å². The molecule has 0 bridgehead atoms. The summed E-state index contributed by atoms with van der Waals surface area (Å²) in [5, 5.41) is 3.61. The van der Waals surface area contributed by atoms with Crippen molar-refractivity contribution in [3.63, 3.8) is 0 Å². The largest absolute Gasteiger partial charge is 0.497 e. The van der Waals surface area contributed by atoms with Crippen LogP contribution in [0.15, 0.2) is 24.3 Å². The Bertz CT molecular complexity index is 430. The topological polar surface area (TPSA) is 39.7 Å². The molecule has 1 heterocycles. The van der Waals surface area contributed by atoms with Crippen LogP contribution in [0.25, 0.3) is 0 Å². The van der Waals surface area contributed by atoms with Gasteiger partial charge in [-0.3, -0.25) is 0 Å². The Morgan fingerprint density at radius 3 is 2.67 bits per heavy atom. The molecule has 1 N–H and O–H groups in total. The zero-order valence-corrected chi connectivity index (χ0v) is 13.4. The lowest BCUT2D eigenvalue weighted by molar-refractivity contribution is -0.110. The molecule has 0 radical (unpaired) electrons. The molecule has 118 valence electrons. The molecule has 4 heteroatoms.